The number of rotatable bonds is 5. The van der Waals surface area contributed by atoms with E-state index in [1.54, 1.807) is 17.4 Å². The van der Waals surface area contributed by atoms with Crippen LogP contribution in [0.4, 0.5) is 4.39 Å². The SMILES string of the molecule is Cc1nc2ccc(-c3n[nH]c4ccc(-n5cc([C@@H]6CCCN(Cc7ccccc7F)C6)nn5)cc34)cc2s1. The van der Waals surface area contributed by atoms with Gasteiger partial charge in [0.2, 0.25) is 0 Å². The van der Waals surface area contributed by atoms with Crippen LogP contribution in [0.25, 0.3) is 38.1 Å². The van der Waals surface area contributed by atoms with Gasteiger partial charge in [-0.3, -0.25) is 10.00 Å². The molecule has 0 aliphatic carbocycles. The summed E-state index contributed by atoms with van der Waals surface area (Å²) in [5.74, 6) is 0.128. The Morgan fingerprint density at radius 2 is 2.03 bits per heavy atom. The molecule has 1 saturated heterocycles. The summed E-state index contributed by atoms with van der Waals surface area (Å²) in [6.45, 7) is 4.45. The minimum Gasteiger partial charge on any atom is -0.298 e. The molecule has 38 heavy (non-hydrogen) atoms. The standard InChI is InChI=1S/C29H26FN7S/c1-18-31-26-10-8-19(13-28(26)38-18)29-23-14-22(9-11-25(23)32-34-29)37-17-27(33-35-37)21-6-4-12-36(16-21)15-20-5-2-3-7-24(20)30/h2-3,5,7-11,13-14,17,21H,4,6,12,15-16H2,1H3,(H,32,34)/t21-/m1/s1. The summed E-state index contributed by atoms with van der Waals surface area (Å²) in [6.07, 6.45) is 4.14. The molecule has 6 aromatic rings. The Balaban J connectivity index is 1.15. The highest BCUT2D eigenvalue weighted by molar-refractivity contribution is 7.18. The fourth-order valence-electron chi connectivity index (χ4n) is 5.45. The maximum atomic E-state index is 14.2. The van der Waals surface area contributed by atoms with Crippen molar-refractivity contribution in [2.75, 3.05) is 13.1 Å². The Kier molecular flexibility index (Phi) is 5.74. The molecular weight excluding hydrogens is 497 g/mol. The van der Waals surface area contributed by atoms with Crippen molar-refractivity contribution in [2.45, 2.75) is 32.2 Å². The van der Waals surface area contributed by atoms with Crippen molar-refractivity contribution in [2.24, 2.45) is 0 Å². The molecule has 9 heteroatoms. The minimum atomic E-state index is -0.142. The van der Waals surface area contributed by atoms with Gasteiger partial charge < -0.3 is 0 Å². The average Bonchev–Trinajstić information content (AvgIpc) is 3.67. The van der Waals surface area contributed by atoms with E-state index in [0.717, 1.165) is 80.3 Å². The maximum absolute atomic E-state index is 14.2. The predicted molar refractivity (Wildman–Crippen MR) is 148 cm³/mol. The second-order valence-electron chi connectivity index (χ2n) is 9.97. The van der Waals surface area contributed by atoms with Crippen molar-refractivity contribution in [1.29, 1.82) is 0 Å². The molecule has 1 atom stereocenters. The van der Waals surface area contributed by atoms with Crippen LogP contribution in [0.3, 0.4) is 0 Å². The van der Waals surface area contributed by atoms with Gasteiger partial charge in [0.25, 0.3) is 0 Å². The number of nitrogens with one attached hydrogen (secondary N) is 1. The smallest absolute Gasteiger partial charge is 0.127 e. The summed E-state index contributed by atoms with van der Waals surface area (Å²) in [6, 6.07) is 19.5. The number of piperidine rings is 1. The number of H-pyrrole nitrogens is 1. The van der Waals surface area contributed by atoms with Gasteiger partial charge in [-0.2, -0.15) is 5.10 Å². The Morgan fingerprint density at radius 1 is 1.11 bits per heavy atom. The quantitative estimate of drug-likeness (QED) is 0.289. The van der Waals surface area contributed by atoms with E-state index in [-0.39, 0.29) is 11.7 Å². The molecule has 0 radical (unpaired) electrons. The van der Waals surface area contributed by atoms with Gasteiger partial charge in [0, 0.05) is 35.5 Å². The van der Waals surface area contributed by atoms with Gasteiger partial charge in [-0.25, -0.2) is 14.1 Å². The number of likely N-dealkylation sites (tertiary alicyclic amines) is 1. The molecule has 7 rings (SSSR count). The molecule has 0 unspecified atom stereocenters. The number of aromatic amines is 1. The Hall–Kier alpha value is -3.95. The van der Waals surface area contributed by atoms with Gasteiger partial charge in [-0.15, -0.1) is 16.4 Å². The molecular formula is C29H26FN7S. The molecule has 1 fully saturated rings. The van der Waals surface area contributed by atoms with Crippen molar-refractivity contribution < 1.29 is 4.39 Å². The minimum absolute atomic E-state index is 0.142. The lowest BCUT2D eigenvalue weighted by molar-refractivity contribution is 0.196. The number of halogens is 1. The summed E-state index contributed by atoms with van der Waals surface area (Å²) < 4.78 is 17.2. The highest BCUT2D eigenvalue weighted by Gasteiger charge is 2.24. The van der Waals surface area contributed by atoms with Crippen LogP contribution < -0.4 is 0 Å². The molecule has 0 amide bonds. The van der Waals surface area contributed by atoms with Crippen molar-refractivity contribution >= 4 is 32.5 Å². The summed E-state index contributed by atoms with van der Waals surface area (Å²) in [5, 5.41) is 18.9. The molecule has 3 aromatic heterocycles. The molecule has 1 N–H and O–H groups in total. The lowest BCUT2D eigenvalue weighted by Crippen LogP contribution is -2.34. The van der Waals surface area contributed by atoms with Gasteiger partial charge >= 0.3 is 0 Å². The first-order chi connectivity index (χ1) is 18.6. The predicted octanol–water partition coefficient (Wildman–Crippen LogP) is 6.25. The van der Waals surface area contributed by atoms with Crippen molar-refractivity contribution in [3.05, 3.63) is 88.9 Å². The van der Waals surface area contributed by atoms with E-state index in [0.29, 0.717) is 6.54 Å². The van der Waals surface area contributed by atoms with Crippen LogP contribution in [0, 0.1) is 12.7 Å². The lowest BCUT2D eigenvalue weighted by atomic mass is 9.95. The Bertz CT molecular complexity index is 1770. The van der Waals surface area contributed by atoms with E-state index < -0.39 is 0 Å². The molecule has 7 nitrogen and oxygen atoms in total. The number of hydrogen-bond acceptors (Lipinski definition) is 6. The number of aryl methyl sites for hydroxylation is 1. The Labute approximate surface area is 222 Å². The highest BCUT2D eigenvalue weighted by Crippen LogP contribution is 2.32. The molecule has 0 spiro atoms. The third-order valence-corrected chi connectivity index (χ3v) is 8.30. The van der Waals surface area contributed by atoms with Crippen molar-refractivity contribution in [3.8, 4) is 16.9 Å². The van der Waals surface area contributed by atoms with Gasteiger partial charge in [-0.05, 0) is 62.7 Å². The number of hydrogen-bond donors (Lipinski definition) is 1. The third-order valence-electron chi connectivity index (χ3n) is 7.37. The second kappa shape index (κ2) is 9.41. The van der Waals surface area contributed by atoms with Gasteiger partial charge in [0.15, 0.2) is 0 Å². The zero-order valence-electron chi connectivity index (χ0n) is 20.9. The topological polar surface area (TPSA) is 75.5 Å². The fourth-order valence-corrected chi connectivity index (χ4v) is 6.32. The maximum Gasteiger partial charge on any atom is 0.127 e. The molecule has 0 saturated carbocycles. The van der Waals surface area contributed by atoms with Gasteiger partial charge in [0.1, 0.15) is 11.5 Å². The lowest BCUT2D eigenvalue weighted by Gasteiger charge is -2.31. The van der Waals surface area contributed by atoms with E-state index in [1.807, 2.05) is 42.1 Å². The van der Waals surface area contributed by atoms with Crippen molar-refractivity contribution in [1.82, 2.24) is 35.1 Å². The van der Waals surface area contributed by atoms with E-state index in [9.17, 15) is 4.39 Å². The molecule has 1 aliphatic rings. The van der Waals surface area contributed by atoms with Crippen LogP contribution in [0.5, 0.6) is 0 Å². The first kappa shape index (κ1) is 23.2. The molecule has 0 bridgehead atoms. The van der Waals surface area contributed by atoms with Crippen LogP contribution in [0.1, 0.15) is 35.0 Å². The van der Waals surface area contributed by atoms with E-state index in [4.69, 9.17) is 0 Å². The summed E-state index contributed by atoms with van der Waals surface area (Å²) in [7, 11) is 0. The molecule has 4 heterocycles. The normalized spacial score (nSPS) is 16.5. The zero-order chi connectivity index (χ0) is 25.6. The van der Waals surface area contributed by atoms with Crippen LogP contribution in [-0.2, 0) is 6.54 Å². The van der Waals surface area contributed by atoms with Crippen LogP contribution in [0.15, 0.2) is 66.9 Å². The number of fused-ring (bicyclic) bond motifs is 2. The molecule has 1 aliphatic heterocycles. The number of aromatic nitrogens is 6. The fraction of sp³-hybridized carbons (Fsp3) is 0.241. The second-order valence-corrected chi connectivity index (χ2v) is 11.2. The van der Waals surface area contributed by atoms with Crippen LogP contribution in [0.2, 0.25) is 0 Å². The Morgan fingerprint density at radius 3 is 2.95 bits per heavy atom. The summed E-state index contributed by atoms with van der Waals surface area (Å²) >= 11 is 1.69. The highest BCUT2D eigenvalue weighted by atomic mass is 32.1. The molecule has 3 aromatic carbocycles. The van der Waals surface area contributed by atoms with E-state index >= 15 is 0 Å². The summed E-state index contributed by atoms with van der Waals surface area (Å²) in [4.78, 5) is 6.89. The monoisotopic (exact) mass is 523 g/mol. The third kappa shape index (κ3) is 4.27. The van der Waals surface area contributed by atoms with E-state index in [2.05, 4.69) is 54.7 Å². The van der Waals surface area contributed by atoms with Crippen LogP contribution in [-0.4, -0.2) is 48.2 Å². The van der Waals surface area contributed by atoms with Crippen molar-refractivity contribution in [3.63, 3.8) is 0 Å². The largest absolute Gasteiger partial charge is 0.298 e. The number of thiazole rings is 1. The number of nitrogens with zero attached hydrogens (tertiary/aromatic N) is 6. The first-order valence-electron chi connectivity index (χ1n) is 12.8. The van der Waals surface area contributed by atoms with Gasteiger partial charge in [0.05, 0.1) is 38.3 Å². The van der Waals surface area contributed by atoms with E-state index in [1.165, 1.54) is 6.07 Å². The zero-order valence-corrected chi connectivity index (χ0v) is 21.7. The number of benzene rings is 3. The van der Waals surface area contributed by atoms with Gasteiger partial charge in [-0.1, -0.05) is 29.5 Å². The summed E-state index contributed by atoms with van der Waals surface area (Å²) in [5.41, 5.74) is 6.61. The first-order valence-corrected chi connectivity index (χ1v) is 13.7. The van der Waals surface area contributed by atoms with Crippen LogP contribution >= 0.6 is 11.3 Å². The average molecular weight is 524 g/mol. The molecule has 190 valence electrons.